The fourth-order valence-electron chi connectivity index (χ4n) is 4.05. The van der Waals surface area contributed by atoms with Gasteiger partial charge in [-0.05, 0) is 47.0 Å². The van der Waals surface area contributed by atoms with E-state index >= 15 is 0 Å². The molecule has 1 unspecified atom stereocenters. The molecule has 1 aromatic heterocycles. The minimum atomic E-state index is -0.947. The van der Waals surface area contributed by atoms with Gasteiger partial charge in [-0.25, -0.2) is 4.98 Å². The zero-order chi connectivity index (χ0) is 25.6. The summed E-state index contributed by atoms with van der Waals surface area (Å²) in [5.74, 6) is -0.117. The van der Waals surface area contributed by atoms with E-state index in [1.165, 1.54) is 11.8 Å². The smallest absolute Gasteiger partial charge is 0.303 e. The van der Waals surface area contributed by atoms with Crippen LogP contribution in [0.25, 0.3) is 33.7 Å². The minimum Gasteiger partial charge on any atom is -0.430 e. The summed E-state index contributed by atoms with van der Waals surface area (Å²) >= 11 is 1.45. The van der Waals surface area contributed by atoms with Crippen LogP contribution < -0.4 is 5.73 Å². The molecule has 0 aliphatic rings. The van der Waals surface area contributed by atoms with Gasteiger partial charge in [-0.15, -0.1) is 4.91 Å². The summed E-state index contributed by atoms with van der Waals surface area (Å²) in [5, 5.41) is 2.98. The zero-order valence-corrected chi connectivity index (χ0v) is 20.6. The molecule has 0 fully saturated rings. The van der Waals surface area contributed by atoms with Crippen molar-refractivity contribution in [1.82, 2.24) is 4.98 Å². The normalized spacial score (nSPS) is 11.7. The summed E-state index contributed by atoms with van der Waals surface area (Å²) in [6.45, 7) is 0. The van der Waals surface area contributed by atoms with E-state index < -0.39 is 11.9 Å². The second kappa shape index (κ2) is 11.2. The van der Waals surface area contributed by atoms with Crippen LogP contribution in [0, 0.1) is 4.91 Å². The number of benzene rings is 4. The van der Waals surface area contributed by atoms with Gasteiger partial charge in [0.05, 0.1) is 6.04 Å². The van der Waals surface area contributed by atoms with Crippen LogP contribution >= 0.6 is 11.8 Å². The number of nitroso groups, excluding NO2 is 1. The molecule has 7 heteroatoms. The lowest BCUT2D eigenvalue weighted by Gasteiger charge is -2.09. The lowest BCUT2D eigenvalue weighted by molar-refractivity contribution is -0.119. The maximum absolute atomic E-state index is 11.5. The van der Waals surface area contributed by atoms with Crippen molar-refractivity contribution in [3.8, 4) is 33.7 Å². The minimum absolute atomic E-state index is 0.244. The molecule has 0 radical (unpaired) electrons. The van der Waals surface area contributed by atoms with E-state index in [1.807, 2.05) is 103 Å². The Balaban J connectivity index is 1.43. The Morgan fingerprint density at radius 1 is 0.811 bits per heavy atom. The number of rotatable bonds is 8. The van der Waals surface area contributed by atoms with Gasteiger partial charge in [0.1, 0.15) is 5.69 Å². The number of carbonyl (C=O) groups excluding carboxylic acids is 1. The van der Waals surface area contributed by atoms with Crippen LogP contribution in [0.1, 0.15) is 5.56 Å². The third-order valence-electron chi connectivity index (χ3n) is 5.85. The molecule has 0 saturated carbocycles. The van der Waals surface area contributed by atoms with Crippen molar-refractivity contribution in [2.24, 2.45) is 10.9 Å². The topological polar surface area (TPSA) is 98.6 Å². The molecule has 37 heavy (non-hydrogen) atoms. The quantitative estimate of drug-likeness (QED) is 0.228. The average Bonchev–Trinajstić information content (AvgIpc) is 3.37. The largest absolute Gasteiger partial charge is 0.430 e. The van der Waals surface area contributed by atoms with Crippen molar-refractivity contribution in [2.45, 2.75) is 22.6 Å². The van der Waals surface area contributed by atoms with Gasteiger partial charge in [-0.3, -0.25) is 4.79 Å². The Morgan fingerprint density at radius 2 is 1.43 bits per heavy atom. The third-order valence-corrected chi connectivity index (χ3v) is 6.69. The van der Waals surface area contributed by atoms with E-state index in [0.29, 0.717) is 5.22 Å². The van der Waals surface area contributed by atoms with E-state index in [-0.39, 0.29) is 6.42 Å². The lowest BCUT2D eigenvalue weighted by atomic mass is 9.99. The number of oxazole rings is 1. The predicted molar refractivity (Wildman–Crippen MR) is 146 cm³/mol. The molecule has 5 aromatic rings. The van der Waals surface area contributed by atoms with Crippen LogP contribution in [0.3, 0.4) is 0 Å². The van der Waals surface area contributed by atoms with Gasteiger partial charge in [-0.1, -0.05) is 97.1 Å². The first kappa shape index (κ1) is 24.4. The van der Waals surface area contributed by atoms with Gasteiger partial charge in [0.25, 0.3) is 5.22 Å². The Hall–Kier alpha value is -4.33. The van der Waals surface area contributed by atoms with E-state index in [2.05, 4.69) is 11.2 Å². The van der Waals surface area contributed by atoms with E-state index in [1.54, 1.807) is 0 Å². The molecule has 0 aliphatic heterocycles. The summed E-state index contributed by atoms with van der Waals surface area (Å²) in [6, 6.07) is 34.8. The van der Waals surface area contributed by atoms with Crippen LogP contribution in [0.5, 0.6) is 0 Å². The standard InChI is InChI=1S/C30H23N3O3S/c31-26(29(34)33-35)18-20-9-7-14-23(17-20)24-15-8-16-25(19-24)37-30-32-27(21-10-3-1-4-11-21)28(36-30)22-12-5-2-6-13-22/h1-17,19,26H,18,31H2. The highest BCUT2D eigenvalue weighted by Crippen LogP contribution is 2.38. The van der Waals surface area contributed by atoms with Gasteiger partial charge < -0.3 is 10.2 Å². The number of nitrogens with zero attached hydrogens (tertiary/aromatic N) is 2. The first-order chi connectivity index (χ1) is 18.1. The summed E-state index contributed by atoms with van der Waals surface area (Å²) in [5.41, 5.74) is 11.4. The molecule has 0 aliphatic carbocycles. The predicted octanol–water partition coefficient (Wildman–Crippen LogP) is 6.99. The molecule has 182 valence electrons. The van der Waals surface area contributed by atoms with Gasteiger partial charge >= 0.3 is 5.91 Å². The SMILES string of the molecule is NC(Cc1cccc(-c2cccc(Sc3nc(-c4ccccc4)c(-c4ccccc4)o3)c2)c1)C(=O)N=O. The van der Waals surface area contributed by atoms with Crippen molar-refractivity contribution in [3.05, 3.63) is 120 Å². The van der Waals surface area contributed by atoms with Crippen LogP contribution in [-0.2, 0) is 11.2 Å². The molecule has 2 N–H and O–H groups in total. The molecule has 5 rings (SSSR count). The Kier molecular flexibility index (Phi) is 7.35. The first-order valence-electron chi connectivity index (χ1n) is 11.7. The molecule has 1 amide bonds. The number of nitrogens with two attached hydrogens (primary N) is 1. The van der Waals surface area contributed by atoms with Crippen molar-refractivity contribution >= 4 is 17.7 Å². The summed E-state index contributed by atoms with van der Waals surface area (Å²) < 4.78 is 6.27. The van der Waals surface area contributed by atoms with E-state index in [9.17, 15) is 9.70 Å². The fraction of sp³-hybridized carbons (Fsp3) is 0.0667. The highest BCUT2D eigenvalue weighted by molar-refractivity contribution is 7.99. The second-order valence-corrected chi connectivity index (χ2v) is 9.48. The Labute approximate surface area is 218 Å². The van der Waals surface area contributed by atoms with Gasteiger partial charge in [0.2, 0.25) is 0 Å². The molecule has 0 spiro atoms. The van der Waals surface area contributed by atoms with E-state index in [0.717, 1.165) is 44.2 Å². The van der Waals surface area contributed by atoms with Crippen LogP contribution in [0.4, 0.5) is 0 Å². The second-order valence-electron chi connectivity index (χ2n) is 8.46. The summed E-state index contributed by atoms with van der Waals surface area (Å²) in [4.78, 5) is 27.8. The number of amides is 1. The highest BCUT2D eigenvalue weighted by atomic mass is 32.2. The van der Waals surface area contributed by atoms with E-state index in [4.69, 9.17) is 15.1 Å². The molecule has 0 bridgehead atoms. The molecular formula is C30H23N3O3S. The van der Waals surface area contributed by atoms with Crippen LogP contribution in [0.2, 0.25) is 0 Å². The van der Waals surface area contributed by atoms with Crippen molar-refractivity contribution in [1.29, 1.82) is 0 Å². The first-order valence-corrected chi connectivity index (χ1v) is 12.5. The summed E-state index contributed by atoms with van der Waals surface area (Å²) in [6.07, 6.45) is 0.244. The number of carbonyl (C=O) groups is 1. The van der Waals surface area contributed by atoms with Gasteiger partial charge in [0.15, 0.2) is 5.76 Å². The fourth-order valence-corrected chi connectivity index (χ4v) is 4.84. The molecular weight excluding hydrogens is 482 g/mol. The third kappa shape index (κ3) is 5.74. The maximum atomic E-state index is 11.5. The van der Waals surface area contributed by atoms with Gasteiger partial charge in [0, 0.05) is 21.2 Å². The van der Waals surface area contributed by atoms with Gasteiger partial charge in [-0.2, -0.15) is 0 Å². The highest BCUT2D eigenvalue weighted by Gasteiger charge is 2.18. The number of aromatic nitrogens is 1. The van der Waals surface area contributed by atoms with Crippen LogP contribution in [-0.4, -0.2) is 16.9 Å². The zero-order valence-electron chi connectivity index (χ0n) is 19.8. The maximum Gasteiger partial charge on any atom is 0.303 e. The van der Waals surface area contributed by atoms with Crippen molar-refractivity contribution in [2.75, 3.05) is 0 Å². The average molecular weight is 506 g/mol. The number of hydrogen-bond acceptors (Lipinski definition) is 6. The lowest BCUT2D eigenvalue weighted by Crippen LogP contribution is -2.31. The Bertz CT molecular complexity index is 1480. The molecule has 1 heterocycles. The van der Waals surface area contributed by atoms with Crippen molar-refractivity contribution in [3.63, 3.8) is 0 Å². The molecule has 6 nitrogen and oxygen atoms in total. The molecule has 0 saturated heterocycles. The Morgan fingerprint density at radius 3 is 2.14 bits per heavy atom. The summed E-state index contributed by atoms with van der Waals surface area (Å²) in [7, 11) is 0. The molecule has 1 atom stereocenters. The molecule has 4 aromatic carbocycles. The number of hydrogen-bond donors (Lipinski definition) is 1. The monoisotopic (exact) mass is 505 g/mol. The van der Waals surface area contributed by atoms with Crippen molar-refractivity contribution < 1.29 is 9.21 Å². The van der Waals surface area contributed by atoms with Crippen LogP contribution in [0.15, 0.2) is 129 Å².